The number of hydrogen-bond donors (Lipinski definition) is 3. The van der Waals surface area contributed by atoms with E-state index in [-0.39, 0.29) is 12.5 Å². The molecule has 1 atom stereocenters. The highest BCUT2D eigenvalue weighted by Gasteiger charge is 2.46. The molecule has 138 valence electrons. The number of benzene rings is 1. The maximum atomic E-state index is 12.2. The summed E-state index contributed by atoms with van der Waals surface area (Å²) in [5.41, 5.74) is -0.682. The fraction of sp³-hybridized carbons (Fsp3) is 0.368. The van der Waals surface area contributed by atoms with Crippen LogP contribution in [0.15, 0.2) is 41.8 Å². The number of carbonyl (C=O) groups excluding carboxylic acids is 2. The van der Waals surface area contributed by atoms with Crippen LogP contribution in [0.2, 0.25) is 0 Å². The summed E-state index contributed by atoms with van der Waals surface area (Å²) < 4.78 is 5.44. The largest absolute Gasteiger partial charge is 0.492 e. The van der Waals surface area contributed by atoms with E-state index >= 15 is 0 Å². The maximum absolute atomic E-state index is 12.2. The number of carbonyl (C=O) groups is 2. The zero-order valence-corrected chi connectivity index (χ0v) is 15.3. The Morgan fingerprint density at radius 1 is 1.23 bits per heavy atom. The molecule has 0 radical (unpaired) electrons. The minimum atomic E-state index is -1.12. The number of thiophene rings is 1. The van der Waals surface area contributed by atoms with Crippen LogP contribution in [0.1, 0.15) is 24.6 Å². The van der Waals surface area contributed by atoms with Crippen LogP contribution in [-0.4, -0.2) is 30.1 Å². The van der Waals surface area contributed by atoms with Crippen molar-refractivity contribution in [1.29, 1.82) is 0 Å². The smallest absolute Gasteiger partial charge is 0.313 e. The van der Waals surface area contributed by atoms with Gasteiger partial charge in [0.1, 0.15) is 11.4 Å². The van der Waals surface area contributed by atoms with Gasteiger partial charge >= 0.3 is 11.8 Å². The van der Waals surface area contributed by atoms with E-state index < -0.39 is 17.4 Å². The predicted octanol–water partition coefficient (Wildman–Crippen LogP) is 2.50. The number of para-hydroxylation sites is 2. The monoisotopic (exact) mass is 374 g/mol. The third kappa shape index (κ3) is 4.05. The van der Waals surface area contributed by atoms with Gasteiger partial charge in [0.05, 0.1) is 18.8 Å². The molecule has 1 fully saturated rings. The second-order valence-corrected chi connectivity index (χ2v) is 7.19. The van der Waals surface area contributed by atoms with Crippen LogP contribution < -0.4 is 15.4 Å². The van der Waals surface area contributed by atoms with Crippen molar-refractivity contribution in [3.8, 4) is 5.75 Å². The fourth-order valence-electron chi connectivity index (χ4n) is 2.84. The lowest BCUT2D eigenvalue weighted by molar-refractivity contribution is -0.137. The quantitative estimate of drug-likeness (QED) is 0.650. The molecule has 6 nitrogen and oxygen atoms in total. The first-order chi connectivity index (χ1) is 12.5. The van der Waals surface area contributed by atoms with Crippen molar-refractivity contribution in [2.45, 2.75) is 25.4 Å². The molecule has 1 aromatic carbocycles. The van der Waals surface area contributed by atoms with Crippen LogP contribution in [0.5, 0.6) is 5.75 Å². The van der Waals surface area contributed by atoms with Crippen molar-refractivity contribution in [3.05, 3.63) is 46.7 Å². The predicted molar refractivity (Wildman–Crippen MR) is 100 cm³/mol. The Bertz CT molecular complexity index is 774. The molecule has 1 aliphatic rings. The minimum Gasteiger partial charge on any atom is -0.492 e. The van der Waals surface area contributed by atoms with E-state index in [4.69, 9.17) is 4.74 Å². The van der Waals surface area contributed by atoms with E-state index in [9.17, 15) is 14.7 Å². The Hall–Kier alpha value is -2.38. The molecule has 1 saturated carbocycles. The van der Waals surface area contributed by atoms with Gasteiger partial charge in [-0.15, -0.1) is 11.3 Å². The summed E-state index contributed by atoms with van der Waals surface area (Å²) in [6.45, 7) is 2.31. The lowest BCUT2D eigenvalue weighted by Crippen LogP contribution is -2.45. The summed E-state index contributed by atoms with van der Waals surface area (Å²) >= 11 is 1.45. The summed E-state index contributed by atoms with van der Waals surface area (Å²) in [4.78, 5) is 25.2. The van der Waals surface area contributed by atoms with E-state index in [0.717, 1.165) is 17.7 Å². The van der Waals surface area contributed by atoms with Gasteiger partial charge in [-0.3, -0.25) is 9.59 Å². The highest BCUT2D eigenvalue weighted by Crippen LogP contribution is 2.46. The summed E-state index contributed by atoms with van der Waals surface area (Å²) in [5, 5.41) is 18.0. The molecule has 3 N–H and O–H groups in total. The number of anilines is 1. The molecule has 7 heteroatoms. The van der Waals surface area contributed by atoms with E-state index in [0.29, 0.717) is 18.0 Å². The van der Waals surface area contributed by atoms with Gasteiger partial charge in [0.2, 0.25) is 0 Å². The van der Waals surface area contributed by atoms with Crippen molar-refractivity contribution in [3.63, 3.8) is 0 Å². The van der Waals surface area contributed by atoms with E-state index in [1.54, 1.807) is 24.3 Å². The van der Waals surface area contributed by atoms with E-state index in [1.807, 2.05) is 24.4 Å². The zero-order chi connectivity index (χ0) is 18.6. The molecule has 2 amide bonds. The van der Waals surface area contributed by atoms with Crippen molar-refractivity contribution in [1.82, 2.24) is 5.32 Å². The molecule has 0 bridgehead atoms. The Morgan fingerprint density at radius 3 is 2.65 bits per heavy atom. The highest BCUT2D eigenvalue weighted by atomic mass is 32.1. The Balaban J connectivity index is 1.62. The number of ether oxygens (including phenoxy) is 1. The van der Waals surface area contributed by atoms with Gasteiger partial charge in [-0.1, -0.05) is 18.2 Å². The molecule has 1 aromatic heterocycles. The number of rotatable bonds is 7. The Kier molecular flexibility index (Phi) is 5.58. The number of hydrogen-bond acceptors (Lipinski definition) is 5. The third-order valence-corrected chi connectivity index (χ3v) is 5.40. The molecule has 0 saturated heterocycles. The summed E-state index contributed by atoms with van der Waals surface area (Å²) in [6, 6.07) is 10.7. The zero-order valence-electron chi connectivity index (χ0n) is 14.5. The number of amides is 2. The SMILES string of the molecule is CCOc1ccccc1NC(=O)C(=O)NCC(O)(c1cccs1)C1CC1. The number of nitrogens with one attached hydrogen (secondary N) is 2. The van der Waals surface area contributed by atoms with Crippen molar-refractivity contribution >= 4 is 28.8 Å². The first kappa shape index (κ1) is 18.4. The van der Waals surface area contributed by atoms with E-state index in [2.05, 4.69) is 10.6 Å². The topological polar surface area (TPSA) is 87.7 Å². The van der Waals surface area contributed by atoms with Crippen molar-refractivity contribution < 1.29 is 19.4 Å². The minimum absolute atomic E-state index is 0.0114. The molecule has 2 aromatic rings. The average molecular weight is 374 g/mol. The lowest BCUT2D eigenvalue weighted by atomic mass is 9.95. The molecule has 1 unspecified atom stereocenters. The first-order valence-electron chi connectivity index (χ1n) is 8.62. The molecular formula is C19H22N2O4S. The van der Waals surface area contributed by atoms with Gasteiger partial charge in [0.15, 0.2) is 0 Å². The maximum Gasteiger partial charge on any atom is 0.313 e. The second kappa shape index (κ2) is 7.88. The van der Waals surface area contributed by atoms with Crippen LogP contribution in [0, 0.1) is 5.92 Å². The van der Waals surface area contributed by atoms with Crippen LogP contribution in [0.25, 0.3) is 0 Å². The molecule has 1 aliphatic carbocycles. The van der Waals surface area contributed by atoms with Gasteiger partial charge < -0.3 is 20.5 Å². The van der Waals surface area contributed by atoms with E-state index in [1.165, 1.54) is 11.3 Å². The molecular weight excluding hydrogens is 352 g/mol. The summed E-state index contributed by atoms with van der Waals surface area (Å²) in [5.74, 6) is -0.958. The Labute approximate surface area is 156 Å². The number of aliphatic hydroxyl groups is 1. The van der Waals surface area contributed by atoms with Crippen molar-refractivity contribution in [2.75, 3.05) is 18.5 Å². The summed E-state index contributed by atoms with van der Waals surface area (Å²) in [7, 11) is 0. The van der Waals surface area contributed by atoms with Gasteiger partial charge in [-0.05, 0) is 49.3 Å². The summed E-state index contributed by atoms with van der Waals surface area (Å²) in [6.07, 6.45) is 1.83. The highest BCUT2D eigenvalue weighted by molar-refractivity contribution is 7.10. The van der Waals surface area contributed by atoms with Crippen LogP contribution in [-0.2, 0) is 15.2 Å². The molecule has 0 spiro atoms. The van der Waals surface area contributed by atoms with Gasteiger partial charge in [-0.25, -0.2) is 0 Å². The van der Waals surface area contributed by atoms with Gasteiger partial charge in [0.25, 0.3) is 0 Å². The molecule has 1 heterocycles. The average Bonchev–Trinajstić information content (AvgIpc) is 3.36. The lowest BCUT2D eigenvalue weighted by Gasteiger charge is -2.27. The third-order valence-electron chi connectivity index (χ3n) is 4.36. The molecule has 0 aliphatic heterocycles. The van der Waals surface area contributed by atoms with Crippen LogP contribution >= 0.6 is 11.3 Å². The molecule has 26 heavy (non-hydrogen) atoms. The molecule has 3 rings (SSSR count). The van der Waals surface area contributed by atoms with Gasteiger partial charge in [0, 0.05) is 4.88 Å². The fourth-order valence-corrected chi connectivity index (χ4v) is 3.75. The van der Waals surface area contributed by atoms with Gasteiger partial charge in [-0.2, -0.15) is 0 Å². The normalized spacial score (nSPS) is 15.8. The van der Waals surface area contributed by atoms with Crippen molar-refractivity contribution in [2.24, 2.45) is 5.92 Å². The second-order valence-electron chi connectivity index (χ2n) is 6.24. The Morgan fingerprint density at radius 2 is 2.00 bits per heavy atom. The van der Waals surface area contributed by atoms with Crippen LogP contribution in [0.3, 0.4) is 0 Å². The first-order valence-corrected chi connectivity index (χ1v) is 9.50. The van der Waals surface area contributed by atoms with Crippen LogP contribution in [0.4, 0.5) is 5.69 Å². The standard InChI is InChI=1S/C19H22N2O4S/c1-2-25-15-7-4-3-6-14(15)21-18(23)17(22)20-12-19(24,13-9-10-13)16-8-5-11-26-16/h3-8,11,13,24H,2,9-10,12H2,1H3,(H,20,22)(H,21,23).